The van der Waals surface area contributed by atoms with Crippen LogP contribution in [-0.4, -0.2) is 33.4 Å². The van der Waals surface area contributed by atoms with E-state index in [1.165, 1.54) is 0 Å². The van der Waals surface area contributed by atoms with Gasteiger partial charge in [0.25, 0.3) is 0 Å². The third-order valence-electron chi connectivity index (χ3n) is 3.67. The minimum absolute atomic E-state index is 0.00101. The van der Waals surface area contributed by atoms with E-state index in [0.29, 0.717) is 17.7 Å². The predicted octanol–water partition coefficient (Wildman–Crippen LogP) is 1.85. The van der Waals surface area contributed by atoms with Crippen molar-refractivity contribution in [3.05, 3.63) is 35.8 Å². The summed E-state index contributed by atoms with van der Waals surface area (Å²) in [5.74, 6) is 1.31. The van der Waals surface area contributed by atoms with Crippen LogP contribution in [0, 0.1) is 13.8 Å². The molecule has 2 N–H and O–H groups in total. The molecule has 1 aliphatic rings. The van der Waals surface area contributed by atoms with Crippen LogP contribution in [-0.2, 0) is 4.79 Å². The SMILES string of the molecule is Cc1nc(-c2cccnc2)nc(NCC(=O)NC2CC2)c1C. The second-order valence-corrected chi connectivity index (χ2v) is 5.54. The molecule has 114 valence electrons. The quantitative estimate of drug-likeness (QED) is 0.880. The molecule has 6 nitrogen and oxygen atoms in total. The van der Waals surface area contributed by atoms with Crippen molar-refractivity contribution in [1.29, 1.82) is 0 Å². The standard InChI is InChI=1S/C16H19N5O/c1-10-11(2)19-16(12-4-3-7-17-8-12)21-15(10)18-9-14(22)20-13-5-6-13/h3-4,7-8,13H,5-6,9H2,1-2H3,(H,20,22)(H,18,19,21). The van der Waals surface area contributed by atoms with Crippen LogP contribution in [0.25, 0.3) is 11.4 Å². The number of nitrogens with zero attached hydrogens (tertiary/aromatic N) is 3. The summed E-state index contributed by atoms with van der Waals surface area (Å²) >= 11 is 0. The fraction of sp³-hybridized carbons (Fsp3) is 0.375. The highest BCUT2D eigenvalue weighted by Crippen LogP contribution is 2.21. The van der Waals surface area contributed by atoms with E-state index >= 15 is 0 Å². The van der Waals surface area contributed by atoms with Gasteiger partial charge in [-0.15, -0.1) is 0 Å². The van der Waals surface area contributed by atoms with Gasteiger partial charge in [-0.05, 0) is 38.8 Å². The van der Waals surface area contributed by atoms with Crippen LogP contribution in [0.3, 0.4) is 0 Å². The Labute approximate surface area is 129 Å². The Balaban J connectivity index is 1.77. The molecule has 1 saturated carbocycles. The highest BCUT2D eigenvalue weighted by Gasteiger charge is 2.23. The Hall–Kier alpha value is -2.50. The highest BCUT2D eigenvalue weighted by atomic mass is 16.2. The van der Waals surface area contributed by atoms with Crippen LogP contribution < -0.4 is 10.6 Å². The molecule has 2 heterocycles. The Kier molecular flexibility index (Phi) is 4.00. The van der Waals surface area contributed by atoms with Crippen LogP contribution in [0.2, 0.25) is 0 Å². The van der Waals surface area contributed by atoms with Crippen LogP contribution in [0.15, 0.2) is 24.5 Å². The van der Waals surface area contributed by atoms with Gasteiger partial charge in [0.15, 0.2) is 5.82 Å². The molecule has 0 aliphatic heterocycles. The predicted molar refractivity (Wildman–Crippen MR) is 84.4 cm³/mol. The van der Waals surface area contributed by atoms with Gasteiger partial charge in [-0.1, -0.05) is 0 Å². The van der Waals surface area contributed by atoms with E-state index in [-0.39, 0.29) is 12.5 Å². The van der Waals surface area contributed by atoms with Crippen molar-refractivity contribution in [3.63, 3.8) is 0 Å². The zero-order chi connectivity index (χ0) is 15.5. The van der Waals surface area contributed by atoms with Gasteiger partial charge in [0.1, 0.15) is 5.82 Å². The van der Waals surface area contributed by atoms with Crippen molar-refractivity contribution in [1.82, 2.24) is 20.3 Å². The molecule has 0 bridgehead atoms. The average molecular weight is 297 g/mol. The summed E-state index contributed by atoms with van der Waals surface area (Å²) < 4.78 is 0. The molecule has 0 saturated heterocycles. The van der Waals surface area contributed by atoms with Crippen LogP contribution in [0.5, 0.6) is 0 Å². The van der Waals surface area contributed by atoms with Crippen molar-refractivity contribution in [2.45, 2.75) is 32.7 Å². The number of hydrogen-bond acceptors (Lipinski definition) is 5. The number of carbonyl (C=O) groups is 1. The zero-order valence-electron chi connectivity index (χ0n) is 12.8. The first kappa shape index (κ1) is 14.4. The maximum atomic E-state index is 11.8. The molecule has 22 heavy (non-hydrogen) atoms. The van der Waals surface area contributed by atoms with Crippen molar-refractivity contribution < 1.29 is 4.79 Å². The van der Waals surface area contributed by atoms with Crippen LogP contribution in [0.1, 0.15) is 24.1 Å². The molecule has 2 aromatic rings. The summed E-state index contributed by atoms with van der Waals surface area (Å²) in [7, 11) is 0. The van der Waals surface area contributed by atoms with E-state index in [9.17, 15) is 4.79 Å². The molecular weight excluding hydrogens is 278 g/mol. The first-order valence-electron chi connectivity index (χ1n) is 7.42. The Morgan fingerprint density at radius 1 is 1.32 bits per heavy atom. The van der Waals surface area contributed by atoms with Gasteiger partial charge in [-0.25, -0.2) is 9.97 Å². The smallest absolute Gasteiger partial charge is 0.239 e. The van der Waals surface area contributed by atoms with Crippen molar-refractivity contribution in [2.24, 2.45) is 0 Å². The minimum atomic E-state index is 0.00101. The van der Waals surface area contributed by atoms with E-state index in [2.05, 4.69) is 25.6 Å². The maximum Gasteiger partial charge on any atom is 0.239 e. The molecule has 2 aromatic heterocycles. The van der Waals surface area contributed by atoms with Gasteiger partial charge in [-0.3, -0.25) is 9.78 Å². The molecule has 6 heteroatoms. The van der Waals surface area contributed by atoms with E-state index in [4.69, 9.17) is 0 Å². The summed E-state index contributed by atoms with van der Waals surface area (Å²) in [5.41, 5.74) is 2.70. The van der Waals surface area contributed by atoms with Gasteiger partial charge in [0.05, 0.1) is 6.54 Å². The number of amides is 1. The summed E-state index contributed by atoms with van der Waals surface area (Å²) in [6, 6.07) is 4.14. The van der Waals surface area contributed by atoms with Crippen LogP contribution in [0.4, 0.5) is 5.82 Å². The zero-order valence-corrected chi connectivity index (χ0v) is 12.8. The molecule has 3 rings (SSSR count). The Bertz CT molecular complexity index is 682. The second kappa shape index (κ2) is 6.09. The summed E-state index contributed by atoms with van der Waals surface area (Å²) in [4.78, 5) is 24.9. The number of hydrogen-bond donors (Lipinski definition) is 2. The lowest BCUT2D eigenvalue weighted by Crippen LogP contribution is -2.31. The summed E-state index contributed by atoms with van der Waals surface area (Å²) in [5, 5.41) is 6.06. The lowest BCUT2D eigenvalue weighted by atomic mass is 10.2. The minimum Gasteiger partial charge on any atom is -0.361 e. The lowest BCUT2D eigenvalue weighted by Gasteiger charge is -2.12. The molecule has 0 radical (unpaired) electrons. The third kappa shape index (κ3) is 3.39. The van der Waals surface area contributed by atoms with E-state index in [1.54, 1.807) is 12.4 Å². The highest BCUT2D eigenvalue weighted by molar-refractivity contribution is 5.81. The maximum absolute atomic E-state index is 11.8. The van der Waals surface area contributed by atoms with Gasteiger partial charge in [0.2, 0.25) is 5.91 Å². The monoisotopic (exact) mass is 297 g/mol. The summed E-state index contributed by atoms with van der Waals surface area (Å²) in [6.45, 7) is 4.11. The fourth-order valence-corrected chi connectivity index (χ4v) is 2.10. The largest absolute Gasteiger partial charge is 0.361 e. The molecular formula is C16H19N5O. The molecule has 0 unspecified atom stereocenters. The first-order chi connectivity index (χ1) is 10.6. The third-order valence-corrected chi connectivity index (χ3v) is 3.67. The van der Waals surface area contributed by atoms with Crippen LogP contribution >= 0.6 is 0 Å². The first-order valence-corrected chi connectivity index (χ1v) is 7.42. The van der Waals surface area contributed by atoms with Gasteiger partial charge >= 0.3 is 0 Å². The number of nitrogens with one attached hydrogen (secondary N) is 2. The number of anilines is 1. The summed E-state index contributed by atoms with van der Waals surface area (Å²) in [6.07, 6.45) is 5.62. The average Bonchev–Trinajstić information content (AvgIpc) is 3.33. The molecule has 0 aromatic carbocycles. The van der Waals surface area contributed by atoms with E-state index in [0.717, 1.165) is 29.7 Å². The molecule has 0 spiro atoms. The number of carbonyl (C=O) groups excluding carboxylic acids is 1. The molecule has 1 aliphatic carbocycles. The van der Waals surface area contributed by atoms with Gasteiger partial charge in [-0.2, -0.15) is 0 Å². The van der Waals surface area contributed by atoms with E-state index < -0.39 is 0 Å². The second-order valence-electron chi connectivity index (χ2n) is 5.54. The van der Waals surface area contributed by atoms with Gasteiger partial charge < -0.3 is 10.6 Å². The molecule has 1 amide bonds. The van der Waals surface area contributed by atoms with Gasteiger partial charge in [0, 0.05) is 35.3 Å². The normalized spacial score (nSPS) is 13.7. The van der Waals surface area contributed by atoms with E-state index in [1.807, 2.05) is 26.0 Å². The van der Waals surface area contributed by atoms with Crippen molar-refractivity contribution in [3.8, 4) is 11.4 Å². The van der Waals surface area contributed by atoms with Crippen molar-refractivity contribution in [2.75, 3.05) is 11.9 Å². The lowest BCUT2D eigenvalue weighted by molar-refractivity contribution is -0.119. The van der Waals surface area contributed by atoms with Crippen molar-refractivity contribution >= 4 is 11.7 Å². The number of aryl methyl sites for hydroxylation is 1. The Morgan fingerprint density at radius 2 is 2.14 bits per heavy atom. The molecule has 1 fully saturated rings. The number of pyridine rings is 1. The Morgan fingerprint density at radius 3 is 2.82 bits per heavy atom. The number of rotatable bonds is 5. The fourth-order valence-electron chi connectivity index (χ4n) is 2.10. The molecule has 0 atom stereocenters. The topological polar surface area (TPSA) is 79.8 Å². The number of aromatic nitrogens is 3.